The van der Waals surface area contributed by atoms with E-state index in [1.54, 1.807) is 12.1 Å². The van der Waals surface area contributed by atoms with Gasteiger partial charge in [0.2, 0.25) is 5.91 Å². The SMILES string of the molecule is COC(=O)c1cc(C(C)C)c(OS(=O)(=O)NC(=O)Cc2c(C(C)C)cc(C(C)C)cc2C(C)C)c(C(C)C)c1. The number of hydrogen-bond donors (Lipinski definition) is 1. The van der Waals surface area contributed by atoms with Gasteiger partial charge in [-0.05, 0) is 75.1 Å². The third-order valence-electron chi connectivity index (χ3n) is 6.83. The molecule has 7 nitrogen and oxygen atoms in total. The van der Waals surface area contributed by atoms with Crippen molar-refractivity contribution in [2.45, 2.75) is 105 Å². The molecular formula is C31H45NO6S. The minimum atomic E-state index is -4.51. The Hall–Kier alpha value is -2.87. The second-order valence-electron chi connectivity index (χ2n) is 11.7. The van der Waals surface area contributed by atoms with E-state index in [9.17, 15) is 18.0 Å². The van der Waals surface area contributed by atoms with E-state index in [1.807, 2.05) is 27.7 Å². The fraction of sp³-hybridized carbons (Fsp3) is 0.548. The first-order valence-electron chi connectivity index (χ1n) is 13.7. The maximum absolute atomic E-state index is 13.2. The largest absolute Gasteiger partial charge is 0.465 e. The van der Waals surface area contributed by atoms with Crippen molar-refractivity contribution in [2.75, 3.05) is 7.11 Å². The number of rotatable bonds is 11. The van der Waals surface area contributed by atoms with Crippen LogP contribution in [-0.2, 0) is 26.3 Å². The molecule has 2 aromatic rings. The molecule has 216 valence electrons. The molecule has 0 radical (unpaired) electrons. The number of nitrogens with one attached hydrogen (secondary N) is 1. The van der Waals surface area contributed by atoms with Crippen molar-refractivity contribution in [2.24, 2.45) is 0 Å². The number of ether oxygens (including phenoxy) is 1. The van der Waals surface area contributed by atoms with Crippen molar-refractivity contribution in [3.05, 3.63) is 63.2 Å². The van der Waals surface area contributed by atoms with Crippen LogP contribution in [0.2, 0.25) is 0 Å². The predicted octanol–water partition coefficient (Wildman–Crippen LogP) is 7.07. The van der Waals surface area contributed by atoms with Crippen LogP contribution in [0, 0.1) is 0 Å². The van der Waals surface area contributed by atoms with E-state index in [4.69, 9.17) is 8.92 Å². The maximum Gasteiger partial charge on any atom is 0.409 e. The summed E-state index contributed by atoms with van der Waals surface area (Å²) in [5.41, 5.74) is 5.51. The molecule has 0 fully saturated rings. The number of amides is 1. The molecule has 0 aliphatic carbocycles. The number of hydrogen-bond acceptors (Lipinski definition) is 6. The highest BCUT2D eigenvalue weighted by atomic mass is 32.2. The summed E-state index contributed by atoms with van der Waals surface area (Å²) >= 11 is 0. The molecule has 0 heterocycles. The lowest BCUT2D eigenvalue weighted by atomic mass is 9.83. The van der Waals surface area contributed by atoms with Crippen LogP contribution in [0.4, 0.5) is 0 Å². The van der Waals surface area contributed by atoms with Crippen LogP contribution in [0.25, 0.3) is 0 Å². The Balaban J connectivity index is 2.48. The summed E-state index contributed by atoms with van der Waals surface area (Å²) < 4.78 is 38.9. The quantitative estimate of drug-likeness (QED) is 0.296. The van der Waals surface area contributed by atoms with E-state index in [1.165, 1.54) is 12.7 Å². The van der Waals surface area contributed by atoms with Crippen LogP contribution < -0.4 is 8.91 Å². The summed E-state index contributed by atoms with van der Waals surface area (Å²) in [6.07, 6.45) is -0.0860. The average Bonchev–Trinajstić information content (AvgIpc) is 2.81. The van der Waals surface area contributed by atoms with Crippen molar-refractivity contribution in [1.82, 2.24) is 4.72 Å². The number of methoxy groups -OCH3 is 1. The average molecular weight is 560 g/mol. The summed E-state index contributed by atoms with van der Waals surface area (Å²) in [7, 11) is -3.21. The molecular weight excluding hydrogens is 514 g/mol. The van der Waals surface area contributed by atoms with Gasteiger partial charge in [-0.3, -0.25) is 4.79 Å². The Kier molecular flexibility index (Phi) is 10.8. The summed E-state index contributed by atoms with van der Waals surface area (Å²) in [5, 5.41) is 0. The van der Waals surface area contributed by atoms with Crippen LogP contribution in [0.5, 0.6) is 5.75 Å². The second-order valence-corrected chi connectivity index (χ2v) is 12.9. The molecule has 0 atom stereocenters. The lowest BCUT2D eigenvalue weighted by Crippen LogP contribution is -2.36. The normalized spacial score (nSPS) is 12.1. The van der Waals surface area contributed by atoms with Crippen molar-refractivity contribution < 1.29 is 26.9 Å². The smallest absolute Gasteiger partial charge is 0.409 e. The first-order valence-corrected chi connectivity index (χ1v) is 15.1. The van der Waals surface area contributed by atoms with Gasteiger partial charge in [0.1, 0.15) is 0 Å². The zero-order chi connectivity index (χ0) is 29.8. The van der Waals surface area contributed by atoms with Gasteiger partial charge >= 0.3 is 16.3 Å². The van der Waals surface area contributed by atoms with E-state index < -0.39 is 22.2 Å². The van der Waals surface area contributed by atoms with E-state index in [-0.39, 0.29) is 35.8 Å². The number of benzene rings is 2. The molecule has 0 bridgehead atoms. The van der Waals surface area contributed by atoms with Crippen molar-refractivity contribution in [3.8, 4) is 5.75 Å². The van der Waals surface area contributed by atoms with Crippen molar-refractivity contribution in [3.63, 3.8) is 0 Å². The molecule has 0 spiro atoms. The molecule has 39 heavy (non-hydrogen) atoms. The van der Waals surface area contributed by atoms with Gasteiger partial charge in [0.25, 0.3) is 0 Å². The Labute approximate surface area is 234 Å². The van der Waals surface area contributed by atoms with E-state index >= 15 is 0 Å². The van der Waals surface area contributed by atoms with Gasteiger partial charge in [-0.25, -0.2) is 9.52 Å². The standard InChI is InChI=1S/C31H45NO6S/c1-17(2)22-12-24(18(3)4)28(25(13-22)19(5)6)16-29(33)32-39(35,36)38-30-26(20(7)8)14-23(31(34)37-11)15-27(30)21(9)10/h12-15,17-21H,16H2,1-11H3,(H,32,33). The zero-order valence-electron chi connectivity index (χ0n) is 25.3. The number of carbonyl (C=O) groups excluding carboxylic acids is 2. The van der Waals surface area contributed by atoms with Gasteiger partial charge < -0.3 is 8.92 Å². The molecule has 0 aliphatic rings. The molecule has 1 N–H and O–H groups in total. The van der Waals surface area contributed by atoms with Crippen LogP contribution >= 0.6 is 0 Å². The van der Waals surface area contributed by atoms with Gasteiger partial charge in [0, 0.05) is 0 Å². The van der Waals surface area contributed by atoms with Crippen LogP contribution in [0.1, 0.15) is 143 Å². The molecule has 8 heteroatoms. The molecule has 0 saturated heterocycles. The maximum atomic E-state index is 13.2. The minimum absolute atomic E-state index is 0.0860. The second kappa shape index (κ2) is 13.0. The zero-order valence-corrected chi connectivity index (χ0v) is 26.1. The lowest BCUT2D eigenvalue weighted by molar-refractivity contribution is -0.118. The lowest BCUT2D eigenvalue weighted by Gasteiger charge is -2.23. The molecule has 0 aromatic heterocycles. The van der Waals surface area contributed by atoms with Crippen molar-refractivity contribution in [1.29, 1.82) is 0 Å². The summed E-state index contributed by atoms with van der Waals surface area (Å²) in [6, 6.07) is 7.41. The van der Waals surface area contributed by atoms with Gasteiger partial charge in [-0.2, -0.15) is 8.42 Å². The molecule has 0 aliphatic heterocycles. The summed E-state index contributed by atoms with van der Waals surface area (Å²) in [5.74, 6) is -0.733. The first kappa shape index (κ1) is 32.3. The monoisotopic (exact) mass is 559 g/mol. The van der Waals surface area contributed by atoms with Crippen LogP contribution in [-0.4, -0.2) is 27.4 Å². The van der Waals surface area contributed by atoms with Gasteiger partial charge in [0.05, 0.1) is 19.1 Å². The number of esters is 1. The van der Waals surface area contributed by atoms with E-state index in [0.29, 0.717) is 22.6 Å². The highest BCUT2D eigenvalue weighted by Crippen LogP contribution is 2.37. The first-order chi connectivity index (χ1) is 18.0. The highest BCUT2D eigenvalue weighted by molar-refractivity contribution is 7.85. The van der Waals surface area contributed by atoms with Gasteiger partial charge in [-0.15, -0.1) is 0 Å². The molecule has 0 unspecified atom stereocenters. The molecule has 2 aromatic carbocycles. The Morgan fingerprint density at radius 1 is 0.718 bits per heavy atom. The van der Waals surface area contributed by atoms with E-state index in [0.717, 1.165) is 16.7 Å². The van der Waals surface area contributed by atoms with E-state index in [2.05, 4.69) is 58.4 Å². The Bertz CT molecular complexity index is 1250. The van der Waals surface area contributed by atoms with Crippen LogP contribution in [0.15, 0.2) is 24.3 Å². The van der Waals surface area contributed by atoms with Crippen molar-refractivity contribution >= 4 is 22.2 Å². The fourth-order valence-corrected chi connectivity index (χ4v) is 5.44. The third kappa shape index (κ3) is 8.07. The fourth-order valence-electron chi connectivity index (χ4n) is 4.64. The summed E-state index contributed by atoms with van der Waals surface area (Å²) in [4.78, 5) is 25.4. The van der Waals surface area contributed by atoms with Crippen LogP contribution in [0.3, 0.4) is 0 Å². The number of carbonyl (C=O) groups is 2. The van der Waals surface area contributed by atoms with Gasteiger partial charge in [-0.1, -0.05) is 81.4 Å². The molecule has 2 rings (SSSR count). The predicted molar refractivity (Wildman–Crippen MR) is 156 cm³/mol. The minimum Gasteiger partial charge on any atom is -0.465 e. The molecule has 0 saturated carbocycles. The summed E-state index contributed by atoms with van der Waals surface area (Å²) in [6.45, 7) is 20.1. The third-order valence-corrected chi connectivity index (χ3v) is 7.70. The van der Waals surface area contributed by atoms with Gasteiger partial charge in [0.15, 0.2) is 5.75 Å². The molecule has 1 amide bonds. The topological polar surface area (TPSA) is 98.8 Å². The highest BCUT2D eigenvalue weighted by Gasteiger charge is 2.27. The Morgan fingerprint density at radius 2 is 1.15 bits per heavy atom. The Morgan fingerprint density at radius 3 is 1.51 bits per heavy atom.